The van der Waals surface area contributed by atoms with Crippen LogP contribution in [0.15, 0.2) is 60.7 Å². The molecule has 2 aromatic carbocycles. The van der Waals surface area contributed by atoms with Crippen LogP contribution in [0.2, 0.25) is 0 Å². The summed E-state index contributed by atoms with van der Waals surface area (Å²) in [4.78, 5) is 13.0. The maximum atomic E-state index is 13.0. The zero-order valence-electron chi connectivity index (χ0n) is 15.9. The molecule has 1 atom stereocenters. The van der Waals surface area contributed by atoms with Crippen LogP contribution in [0.3, 0.4) is 0 Å². The first-order valence-electron chi connectivity index (χ1n) is 9.04. The predicted octanol–water partition coefficient (Wildman–Crippen LogP) is 4.95. The van der Waals surface area contributed by atoms with Crippen LogP contribution in [0.5, 0.6) is 0 Å². The quantitative estimate of drug-likeness (QED) is 0.696. The number of aryl methyl sites for hydroxylation is 3. The number of aromatic nitrogens is 1. The number of benzene rings is 2. The summed E-state index contributed by atoms with van der Waals surface area (Å²) in [6, 6.07) is 20.5. The van der Waals surface area contributed by atoms with Crippen molar-refractivity contribution < 1.29 is 4.79 Å². The van der Waals surface area contributed by atoms with Gasteiger partial charge in [0.1, 0.15) is 5.69 Å². The number of amides is 1. The predicted molar refractivity (Wildman–Crippen MR) is 107 cm³/mol. The molecule has 3 nitrogen and oxygen atoms in total. The topological polar surface area (TPSA) is 34.0 Å². The lowest BCUT2D eigenvalue weighted by molar-refractivity contribution is 0.0930. The summed E-state index contributed by atoms with van der Waals surface area (Å²) in [5.74, 6) is -0.0281. The molecule has 1 aromatic heterocycles. The first kappa shape index (κ1) is 18.0. The summed E-state index contributed by atoms with van der Waals surface area (Å²) in [7, 11) is 0. The first-order valence-corrected chi connectivity index (χ1v) is 9.04. The average Bonchev–Trinajstić information content (AvgIpc) is 2.89. The normalized spacial score (nSPS) is 12.0. The SMILES string of the molecule is Cc1cccc(Cn2c(C)cc(C)c2C(=O)N[C@@H](C)c2ccccc2)c1. The van der Waals surface area contributed by atoms with Gasteiger partial charge in [-0.25, -0.2) is 0 Å². The van der Waals surface area contributed by atoms with Gasteiger partial charge in [-0.15, -0.1) is 0 Å². The van der Waals surface area contributed by atoms with Gasteiger partial charge < -0.3 is 9.88 Å². The van der Waals surface area contributed by atoms with Gasteiger partial charge in [0.05, 0.1) is 6.04 Å². The summed E-state index contributed by atoms with van der Waals surface area (Å²) < 4.78 is 2.11. The van der Waals surface area contributed by atoms with Crippen LogP contribution in [0.4, 0.5) is 0 Å². The number of hydrogen-bond donors (Lipinski definition) is 1. The second-order valence-corrected chi connectivity index (χ2v) is 7.00. The third-order valence-corrected chi connectivity index (χ3v) is 4.78. The molecule has 134 valence electrons. The number of carbonyl (C=O) groups is 1. The highest BCUT2D eigenvalue weighted by Crippen LogP contribution is 2.20. The van der Waals surface area contributed by atoms with Crippen LogP contribution in [-0.2, 0) is 6.54 Å². The molecule has 0 radical (unpaired) electrons. The van der Waals surface area contributed by atoms with Crippen molar-refractivity contribution in [3.8, 4) is 0 Å². The standard InChI is InChI=1S/C23H26N2O/c1-16-9-8-10-20(13-16)15-25-18(3)14-17(2)22(25)23(26)24-19(4)21-11-6-5-7-12-21/h5-14,19H,15H2,1-4H3,(H,24,26)/t19-/m0/s1. The molecule has 3 aromatic rings. The van der Waals surface area contributed by atoms with Gasteiger partial charge in [0.15, 0.2) is 0 Å². The molecule has 1 heterocycles. The largest absolute Gasteiger partial charge is 0.344 e. The zero-order valence-corrected chi connectivity index (χ0v) is 15.9. The lowest BCUT2D eigenvalue weighted by atomic mass is 10.1. The van der Waals surface area contributed by atoms with E-state index in [4.69, 9.17) is 0 Å². The maximum absolute atomic E-state index is 13.0. The van der Waals surface area contributed by atoms with Crippen LogP contribution >= 0.6 is 0 Å². The minimum atomic E-state index is -0.0364. The lowest BCUT2D eigenvalue weighted by Gasteiger charge is -2.17. The molecular weight excluding hydrogens is 320 g/mol. The van der Waals surface area contributed by atoms with E-state index in [2.05, 4.69) is 54.1 Å². The molecule has 0 saturated carbocycles. The van der Waals surface area contributed by atoms with Crippen molar-refractivity contribution in [2.45, 2.75) is 40.3 Å². The maximum Gasteiger partial charge on any atom is 0.268 e. The summed E-state index contributed by atoms with van der Waals surface area (Å²) in [6.45, 7) is 8.86. The van der Waals surface area contributed by atoms with Crippen LogP contribution in [0.1, 0.15) is 51.4 Å². The molecule has 0 fully saturated rings. The van der Waals surface area contributed by atoms with E-state index >= 15 is 0 Å². The fraction of sp³-hybridized carbons (Fsp3) is 0.261. The molecule has 0 bridgehead atoms. The van der Waals surface area contributed by atoms with E-state index in [0.717, 1.165) is 22.5 Å². The molecule has 26 heavy (non-hydrogen) atoms. The molecule has 0 spiro atoms. The van der Waals surface area contributed by atoms with Gasteiger partial charge >= 0.3 is 0 Å². The number of hydrogen-bond acceptors (Lipinski definition) is 1. The average molecular weight is 346 g/mol. The van der Waals surface area contributed by atoms with Crippen molar-refractivity contribution in [1.29, 1.82) is 0 Å². The minimum Gasteiger partial charge on any atom is -0.344 e. The van der Waals surface area contributed by atoms with E-state index in [1.807, 2.05) is 44.2 Å². The third-order valence-electron chi connectivity index (χ3n) is 4.78. The van der Waals surface area contributed by atoms with Crippen LogP contribution < -0.4 is 5.32 Å². The Morgan fingerprint density at radius 3 is 2.42 bits per heavy atom. The molecule has 1 amide bonds. The van der Waals surface area contributed by atoms with Crippen molar-refractivity contribution >= 4 is 5.91 Å². The van der Waals surface area contributed by atoms with Gasteiger partial charge in [-0.05, 0) is 50.5 Å². The Labute approximate surface area is 155 Å². The molecule has 3 heteroatoms. The lowest BCUT2D eigenvalue weighted by Crippen LogP contribution is -2.29. The molecule has 0 unspecified atom stereocenters. The summed E-state index contributed by atoms with van der Waals surface area (Å²) in [5.41, 5.74) is 6.38. The molecule has 0 aliphatic rings. The van der Waals surface area contributed by atoms with Crippen molar-refractivity contribution in [1.82, 2.24) is 9.88 Å². The first-order chi connectivity index (χ1) is 12.5. The van der Waals surface area contributed by atoms with Gasteiger partial charge in [-0.1, -0.05) is 60.2 Å². The minimum absolute atomic E-state index is 0.0281. The Morgan fingerprint density at radius 2 is 1.73 bits per heavy atom. The number of carbonyl (C=O) groups excluding carboxylic acids is 1. The van der Waals surface area contributed by atoms with Crippen molar-refractivity contribution in [2.24, 2.45) is 0 Å². The number of nitrogens with zero attached hydrogens (tertiary/aromatic N) is 1. The van der Waals surface area contributed by atoms with E-state index < -0.39 is 0 Å². The van der Waals surface area contributed by atoms with E-state index in [0.29, 0.717) is 6.54 Å². The van der Waals surface area contributed by atoms with Gasteiger partial charge in [-0.2, -0.15) is 0 Å². The van der Waals surface area contributed by atoms with E-state index in [-0.39, 0.29) is 11.9 Å². The Bertz CT molecular complexity index is 909. The molecule has 0 aliphatic carbocycles. The van der Waals surface area contributed by atoms with E-state index in [9.17, 15) is 4.79 Å². The summed E-state index contributed by atoms with van der Waals surface area (Å²) in [5, 5.41) is 3.14. The third kappa shape index (κ3) is 3.88. The van der Waals surface area contributed by atoms with Crippen LogP contribution in [0.25, 0.3) is 0 Å². The fourth-order valence-electron chi connectivity index (χ4n) is 3.44. The highest BCUT2D eigenvalue weighted by Gasteiger charge is 2.19. The molecular formula is C23H26N2O. The van der Waals surface area contributed by atoms with Gasteiger partial charge in [0.2, 0.25) is 0 Å². The second-order valence-electron chi connectivity index (χ2n) is 7.00. The van der Waals surface area contributed by atoms with Crippen molar-refractivity contribution in [3.05, 3.63) is 94.3 Å². The van der Waals surface area contributed by atoms with E-state index in [1.54, 1.807) is 0 Å². The van der Waals surface area contributed by atoms with Crippen LogP contribution in [0, 0.1) is 20.8 Å². The zero-order chi connectivity index (χ0) is 18.7. The molecule has 3 rings (SSSR count). The van der Waals surface area contributed by atoms with Crippen molar-refractivity contribution in [3.63, 3.8) is 0 Å². The Kier molecular flexibility index (Phi) is 5.27. The highest BCUT2D eigenvalue weighted by molar-refractivity contribution is 5.94. The summed E-state index contributed by atoms with van der Waals surface area (Å²) in [6.07, 6.45) is 0. The number of rotatable bonds is 5. The van der Waals surface area contributed by atoms with Crippen molar-refractivity contribution in [2.75, 3.05) is 0 Å². The Hall–Kier alpha value is -2.81. The monoisotopic (exact) mass is 346 g/mol. The Morgan fingerprint density at radius 1 is 1.00 bits per heavy atom. The molecule has 0 aliphatic heterocycles. The van der Waals surface area contributed by atoms with Gasteiger partial charge in [-0.3, -0.25) is 4.79 Å². The smallest absolute Gasteiger partial charge is 0.268 e. The molecule has 1 N–H and O–H groups in total. The molecule has 0 saturated heterocycles. The van der Waals surface area contributed by atoms with Crippen LogP contribution in [-0.4, -0.2) is 10.5 Å². The second kappa shape index (κ2) is 7.61. The highest BCUT2D eigenvalue weighted by atomic mass is 16.2. The summed E-state index contributed by atoms with van der Waals surface area (Å²) >= 11 is 0. The fourth-order valence-corrected chi connectivity index (χ4v) is 3.44. The number of nitrogens with one attached hydrogen (secondary N) is 1. The van der Waals surface area contributed by atoms with Gasteiger partial charge in [0, 0.05) is 12.2 Å². The van der Waals surface area contributed by atoms with E-state index in [1.165, 1.54) is 11.1 Å². The Balaban J connectivity index is 1.86. The van der Waals surface area contributed by atoms with Gasteiger partial charge in [0.25, 0.3) is 5.91 Å².